The van der Waals surface area contributed by atoms with E-state index in [2.05, 4.69) is 20.4 Å². The van der Waals surface area contributed by atoms with Gasteiger partial charge in [-0.3, -0.25) is 4.79 Å². The molecule has 1 aliphatic rings. The molecule has 0 bridgehead atoms. The molecule has 2 heterocycles. The third-order valence-electron chi connectivity index (χ3n) is 3.99. The topological polar surface area (TPSA) is 58.1 Å². The van der Waals surface area contributed by atoms with Crippen molar-refractivity contribution in [1.82, 2.24) is 10.2 Å². The van der Waals surface area contributed by atoms with Gasteiger partial charge in [0.2, 0.25) is 0 Å². The molecule has 1 amide bonds. The summed E-state index contributed by atoms with van der Waals surface area (Å²) >= 11 is 0. The van der Waals surface area contributed by atoms with Gasteiger partial charge in [-0.25, -0.2) is 4.39 Å². The van der Waals surface area contributed by atoms with E-state index in [1.54, 1.807) is 25.1 Å². The first kappa shape index (κ1) is 15.4. The average Bonchev–Trinajstić information content (AvgIpc) is 2.59. The molecule has 2 aromatic rings. The molecule has 1 aromatic carbocycles. The molecule has 3 rings (SSSR count). The average molecular weight is 314 g/mol. The number of carbonyl (C=O) groups is 1. The fraction of sp³-hybridized carbons (Fsp3) is 0.353. The smallest absolute Gasteiger partial charge is 0.276 e. The summed E-state index contributed by atoms with van der Waals surface area (Å²) in [5.74, 6) is 0.0444. The summed E-state index contributed by atoms with van der Waals surface area (Å²) in [5.41, 5.74) is 1.15. The van der Waals surface area contributed by atoms with E-state index in [-0.39, 0.29) is 11.5 Å². The van der Waals surface area contributed by atoms with Crippen LogP contribution < -0.4 is 10.2 Å². The van der Waals surface area contributed by atoms with Crippen molar-refractivity contribution in [3.8, 4) is 0 Å². The number of aromatic nitrogens is 2. The van der Waals surface area contributed by atoms with Crippen LogP contribution in [-0.4, -0.2) is 29.2 Å². The van der Waals surface area contributed by atoms with E-state index in [0.29, 0.717) is 11.3 Å². The highest BCUT2D eigenvalue weighted by Crippen LogP contribution is 2.17. The first-order chi connectivity index (χ1) is 11.1. The molecule has 0 aliphatic carbocycles. The van der Waals surface area contributed by atoms with Crippen molar-refractivity contribution in [2.75, 3.05) is 23.3 Å². The molecule has 0 radical (unpaired) electrons. The standard InChI is InChI=1S/C17H19FN4O/c1-12-5-6-13(11-14(12)18)19-17(23)15-7-8-16(21-20-15)22-9-3-2-4-10-22/h5-8,11H,2-4,9-10H2,1H3,(H,19,23). The first-order valence-corrected chi connectivity index (χ1v) is 7.80. The van der Waals surface area contributed by atoms with Crippen LogP contribution in [0.3, 0.4) is 0 Å². The van der Waals surface area contributed by atoms with Gasteiger partial charge in [-0.05, 0) is 56.0 Å². The molecule has 1 fully saturated rings. The Morgan fingerprint density at radius 3 is 2.57 bits per heavy atom. The Labute approximate surface area is 134 Å². The number of rotatable bonds is 3. The highest BCUT2D eigenvalue weighted by molar-refractivity contribution is 6.02. The predicted molar refractivity (Wildman–Crippen MR) is 87.2 cm³/mol. The van der Waals surface area contributed by atoms with E-state index < -0.39 is 5.91 Å². The maximum Gasteiger partial charge on any atom is 0.276 e. The molecule has 1 N–H and O–H groups in total. The quantitative estimate of drug-likeness (QED) is 0.945. The zero-order valence-corrected chi connectivity index (χ0v) is 13.1. The lowest BCUT2D eigenvalue weighted by Crippen LogP contribution is -2.30. The minimum Gasteiger partial charge on any atom is -0.355 e. The number of piperidine rings is 1. The van der Waals surface area contributed by atoms with Crippen LogP contribution in [0.4, 0.5) is 15.9 Å². The van der Waals surface area contributed by atoms with E-state index in [9.17, 15) is 9.18 Å². The lowest BCUT2D eigenvalue weighted by molar-refractivity contribution is 0.102. The number of nitrogens with one attached hydrogen (secondary N) is 1. The van der Waals surface area contributed by atoms with E-state index in [1.807, 2.05) is 6.07 Å². The molecule has 5 nitrogen and oxygen atoms in total. The zero-order valence-electron chi connectivity index (χ0n) is 13.1. The van der Waals surface area contributed by atoms with E-state index >= 15 is 0 Å². The number of aryl methyl sites for hydroxylation is 1. The normalized spacial score (nSPS) is 14.6. The number of halogens is 1. The third kappa shape index (κ3) is 3.64. The van der Waals surface area contributed by atoms with Crippen molar-refractivity contribution in [1.29, 1.82) is 0 Å². The highest BCUT2D eigenvalue weighted by Gasteiger charge is 2.14. The maximum atomic E-state index is 13.5. The second-order valence-electron chi connectivity index (χ2n) is 5.74. The molecule has 0 unspecified atom stereocenters. The van der Waals surface area contributed by atoms with Crippen LogP contribution >= 0.6 is 0 Å². The van der Waals surface area contributed by atoms with Crippen molar-refractivity contribution in [3.05, 3.63) is 47.4 Å². The van der Waals surface area contributed by atoms with Crippen molar-refractivity contribution < 1.29 is 9.18 Å². The third-order valence-corrected chi connectivity index (χ3v) is 3.99. The van der Waals surface area contributed by atoms with E-state index in [0.717, 1.165) is 31.7 Å². The van der Waals surface area contributed by atoms with Crippen molar-refractivity contribution in [2.45, 2.75) is 26.2 Å². The number of nitrogens with zero attached hydrogens (tertiary/aromatic N) is 3. The molecule has 0 atom stereocenters. The fourth-order valence-corrected chi connectivity index (χ4v) is 2.60. The number of anilines is 2. The Balaban J connectivity index is 1.68. The fourth-order valence-electron chi connectivity index (χ4n) is 2.60. The van der Waals surface area contributed by atoms with Crippen molar-refractivity contribution in [3.63, 3.8) is 0 Å². The summed E-state index contributed by atoms with van der Waals surface area (Å²) < 4.78 is 13.5. The minimum absolute atomic E-state index is 0.215. The first-order valence-electron chi connectivity index (χ1n) is 7.80. The maximum absolute atomic E-state index is 13.5. The second kappa shape index (κ2) is 6.73. The number of hydrogen-bond donors (Lipinski definition) is 1. The van der Waals surface area contributed by atoms with Gasteiger partial charge in [0.05, 0.1) is 0 Å². The van der Waals surface area contributed by atoms with Gasteiger partial charge < -0.3 is 10.2 Å². The van der Waals surface area contributed by atoms with Gasteiger partial charge in [0.15, 0.2) is 11.5 Å². The van der Waals surface area contributed by atoms with E-state index in [1.165, 1.54) is 12.5 Å². The number of carbonyl (C=O) groups excluding carboxylic acids is 1. The van der Waals surface area contributed by atoms with Crippen LogP contribution in [0.5, 0.6) is 0 Å². The van der Waals surface area contributed by atoms with Crippen molar-refractivity contribution in [2.24, 2.45) is 0 Å². The molecule has 1 saturated heterocycles. The van der Waals surface area contributed by atoms with Gasteiger partial charge in [-0.1, -0.05) is 6.07 Å². The Bertz CT molecular complexity index is 696. The van der Waals surface area contributed by atoms with Gasteiger partial charge >= 0.3 is 0 Å². The Morgan fingerprint density at radius 1 is 1.13 bits per heavy atom. The SMILES string of the molecule is Cc1ccc(NC(=O)c2ccc(N3CCCCC3)nn2)cc1F. The van der Waals surface area contributed by atoms with E-state index in [4.69, 9.17) is 0 Å². The minimum atomic E-state index is -0.397. The number of hydrogen-bond acceptors (Lipinski definition) is 4. The Hall–Kier alpha value is -2.50. The predicted octanol–water partition coefficient (Wildman–Crippen LogP) is 3.17. The number of amides is 1. The summed E-state index contributed by atoms with van der Waals surface area (Å²) in [4.78, 5) is 14.3. The zero-order chi connectivity index (χ0) is 16.2. The molecular formula is C17H19FN4O. The molecule has 23 heavy (non-hydrogen) atoms. The summed E-state index contributed by atoms with van der Waals surface area (Å²) in [6.07, 6.45) is 3.56. The van der Waals surface area contributed by atoms with Crippen LogP contribution in [0.1, 0.15) is 35.3 Å². The molecule has 1 aromatic heterocycles. The van der Waals surface area contributed by atoms with Gasteiger partial charge in [0.1, 0.15) is 5.82 Å². The monoisotopic (exact) mass is 314 g/mol. The van der Waals surface area contributed by atoms with Gasteiger partial charge in [-0.2, -0.15) is 0 Å². The summed E-state index contributed by atoms with van der Waals surface area (Å²) in [6, 6.07) is 8.03. The molecule has 120 valence electrons. The molecule has 1 aliphatic heterocycles. The largest absolute Gasteiger partial charge is 0.355 e. The number of benzene rings is 1. The molecule has 6 heteroatoms. The van der Waals surface area contributed by atoms with Gasteiger partial charge in [-0.15, -0.1) is 10.2 Å². The highest BCUT2D eigenvalue weighted by atomic mass is 19.1. The van der Waals surface area contributed by atoms with Gasteiger partial charge in [0.25, 0.3) is 5.91 Å². The summed E-state index contributed by atoms with van der Waals surface area (Å²) in [5, 5.41) is 10.8. The molecule has 0 saturated carbocycles. The van der Waals surface area contributed by atoms with Crippen molar-refractivity contribution >= 4 is 17.4 Å². The van der Waals surface area contributed by atoms with Crippen LogP contribution in [0.25, 0.3) is 0 Å². The van der Waals surface area contributed by atoms with Crippen LogP contribution in [0.15, 0.2) is 30.3 Å². The Morgan fingerprint density at radius 2 is 1.91 bits per heavy atom. The Kier molecular flexibility index (Phi) is 4.50. The summed E-state index contributed by atoms with van der Waals surface area (Å²) in [6.45, 7) is 3.62. The van der Waals surface area contributed by atoms with Crippen LogP contribution in [0.2, 0.25) is 0 Å². The summed E-state index contributed by atoms with van der Waals surface area (Å²) in [7, 11) is 0. The van der Waals surface area contributed by atoms with Crippen LogP contribution in [0, 0.1) is 12.7 Å². The lowest BCUT2D eigenvalue weighted by atomic mass is 10.1. The second-order valence-corrected chi connectivity index (χ2v) is 5.74. The molecule has 0 spiro atoms. The van der Waals surface area contributed by atoms with Gasteiger partial charge in [0, 0.05) is 18.8 Å². The molecular weight excluding hydrogens is 295 g/mol. The lowest BCUT2D eigenvalue weighted by Gasteiger charge is -2.27. The van der Waals surface area contributed by atoms with Crippen LogP contribution in [-0.2, 0) is 0 Å².